The van der Waals surface area contributed by atoms with Gasteiger partial charge in [-0.3, -0.25) is 48.0 Å². The predicted molar refractivity (Wildman–Crippen MR) is 253 cm³/mol. The van der Waals surface area contributed by atoms with Crippen molar-refractivity contribution in [2.45, 2.75) is 44.7 Å². The second kappa shape index (κ2) is 19.7. The summed E-state index contributed by atoms with van der Waals surface area (Å²) in [5.41, 5.74) is -2.61. The monoisotopic (exact) mass is 1030 g/mol. The summed E-state index contributed by atoms with van der Waals surface area (Å²) in [5.74, 6) is -13.7. The van der Waals surface area contributed by atoms with Gasteiger partial charge in [-0.1, -0.05) is 48.0 Å². The van der Waals surface area contributed by atoms with Gasteiger partial charge in [-0.05, 0) is 60.0 Å². The first-order valence-electron chi connectivity index (χ1n) is 22.1. The van der Waals surface area contributed by atoms with E-state index in [-0.39, 0.29) is 52.2 Å². The molecule has 23 heteroatoms. The molecule has 378 valence electrons. The van der Waals surface area contributed by atoms with Gasteiger partial charge in [0.1, 0.15) is 28.2 Å². The van der Waals surface area contributed by atoms with Crippen molar-refractivity contribution in [1.82, 2.24) is 29.3 Å². The van der Waals surface area contributed by atoms with Gasteiger partial charge >= 0.3 is 5.97 Å². The number of pyridine rings is 4. The SMILES string of the molecule is CCOC(=O)c1c(O)c2ncc(Cc3ccc(F)cc3)c(Cl)c2n(CC(F)(F)CN2C(=O)c3ccccc3C2=O)c1=O.CNC(=O)c1c(O)c2ncc(Cc3ccc(F)cc3)c3c2n(c1=O)CC(F)(F)CN3C. The molecule has 73 heavy (non-hydrogen) atoms. The third-order valence-electron chi connectivity index (χ3n) is 12.0. The van der Waals surface area contributed by atoms with Gasteiger partial charge in [0.25, 0.3) is 40.7 Å². The number of imide groups is 1. The molecule has 0 unspecified atom stereocenters. The molecule has 2 aliphatic rings. The molecule has 0 saturated carbocycles. The Balaban J connectivity index is 0.000000204. The summed E-state index contributed by atoms with van der Waals surface area (Å²) in [4.78, 5) is 86.7. The Hall–Kier alpha value is -8.27. The molecule has 3 amide bonds. The van der Waals surface area contributed by atoms with Crippen molar-refractivity contribution in [3.8, 4) is 11.5 Å². The Morgan fingerprint density at radius 3 is 1.84 bits per heavy atom. The lowest BCUT2D eigenvalue weighted by Crippen LogP contribution is -2.44. The van der Waals surface area contributed by atoms with Crippen LogP contribution in [0.1, 0.15) is 70.6 Å². The number of ether oxygens (including phenoxy) is 1. The topological polar surface area (TPSA) is 206 Å². The van der Waals surface area contributed by atoms with Gasteiger partial charge in [0, 0.05) is 44.9 Å². The summed E-state index contributed by atoms with van der Waals surface area (Å²) >= 11 is 6.61. The molecule has 2 aliphatic heterocycles. The minimum atomic E-state index is -3.91. The summed E-state index contributed by atoms with van der Waals surface area (Å²) in [6.45, 7) is -3.21. The van der Waals surface area contributed by atoms with Crippen LogP contribution in [0.25, 0.3) is 22.1 Å². The maximum absolute atomic E-state index is 15.7. The van der Waals surface area contributed by atoms with Crippen molar-refractivity contribution < 1.29 is 60.5 Å². The van der Waals surface area contributed by atoms with Crippen LogP contribution < -0.4 is 21.3 Å². The molecular formula is C50H40ClF6N7O9. The standard InChI is InChI=1S/C29H21ClF3N3O6.C21H19F3N4O3/c1-2-42-28(41)20-24(37)22-23(21(30)16(12-34-22)11-15-7-9-17(31)10-8-15)35(27(20)40)13-29(32,33)14-36-25(38)18-5-3-4-6-19(18)26(36)39;1-25-19(30)14-18(29)15-17-16(27(2)9-21(23,24)10-28(17)20(14)31)12(8-26-15)7-11-3-5-13(22)6-4-11/h3-10,12,37H,2,11,13-14H2,1H3;3-6,8,29H,7,9-10H2,1-2H3,(H,25,30). The van der Waals surface area contributed by atoms with Crippen molar-refractivity contribution in [2.24, 2.45) is 0 Å². The van der Waals surface area contributed by atoms with Crippen LogP contribution in [0.3, 0.4) is 0 Å². The first-order chi connectivity index (χ1) is 34.6. The van der Waals surface area contributed by atoms with Gasteiger partial charge < -0.3 is 25.2 Å². The normalized spacial score (nSPS) is 13.9. The molecule has 0 bridgehead atoms. The fourth-order valence-electron chi connectivity index (χ4n) is 8.75. The fourth-order valence-corrected chi connectivity index (χ4v) is 9.06. The van der Waals surface area contributed by atoms with Crippen LogP contribution in [0.5, 0.6) is 11.5 Å². The van der Waals surface area contributed by atoms with E-state index in [2.05, 4.69) is 15.3 Å². The number of carbonyl (C=O) groups excluding carboxylic acids is 4. The van der Waals surface area contributed by atoms with E-state index in [1.165, 1.54) is 99.0 Å². The highest BCUT2D eigenvalue weighted by Crippen LogP contribution is 2.40. The number of benzene rings is 3. The Bertz CT molecular complexity index is 3500. The average Bonchev–Trinajstić information content (AvgIpc) is 3.50. The van der Waals surface area contributed by atoms with Gasteiger partial charge in [0.2, 0.25) is 0 Å². The first kappa shape index (κ1) is 51.1. The number of halogens is 7. The molecule has 0 fully saturated rings. The van der Waals surface area contributed by atoms with Crippen LogP contribution >= 0.6 is 11.6 Å². The summed E-state index contributed by atoms with van der Waals surface area (Å²) in [7, 11) is 2.72. The molecule has 7 aromatic rings. The summed E-state index contributed by atoms with van der Waals surface area (Å²) in [5, 5.41) is 23.5. The van der Waals surface area contributed by atoms with Crippen LogP contribution in [0, 0.1) is 11.6 Å². The van der Waals surface area contributed by atoms with E-state index < -0.39 is 118 Å². The Kier molecular flexibility index (Phi) is 13.8. The molecule has 3 N–H and O–H groups in total. The number of amides is 3. The maximum atomic E-state index is 15.7. The molecule has 16 nitrogen and oxygen atoms in total. The van der Waals surface area contributed by atoms with E-state index in [0.717, 1.165) is 4.57 Å². The molecule has 0 spiro atoms. The zero-order chi connectivity index (χ0) is 52.8. The predicted octanol–water partition coefficient (Wildman–Crippen LogP) is 6.87. The molecule has 3 aromatic carbocycles. The van der Waals surface area contributed by atoms with Crippen molar-refractivity contribution in [3.63, 3.8) is 0 Å². The molecule has 0 saturated heterocycles. The Labute approximate surface area is 413 Å². The van der Waals surface area contributed by atoms with Crippen molar-refractivity contribution in [1.29, 1.82) is 0 Å². The zero-order valence-electron chi connectivity index (χ0n) is 38.6. The molecule has 0 radical (unpaired) electrons. The van der Waals surface area contributed by atoms with Gasteiger partial charge in [-0.15, -0.1) is 0 Å². The summed E-state index contributed by atoms with van der Waals surface area (Å²) in [6, 6.07) is 16.7. The highest BCUT2D eigenvalue weighted by Gasteiger charge is 2.44. The minimum Gasteiger partial charge on any atom is -0.505 e. The molecule has 0 aliphatic carbocycles. The molecular weight excluding hydrogens is 992 g/mol. The van der Waals surface area contributed by atoms with E-state index in [4.69, 9.17) is 16.3 Å². The van der Waals surface area contributed by atoms with E-state index in [1.54, 1.807) is 12.1 Å². The lowest BCUT2D eigenvalue weighted by atomic mass is 10.0. The van der Waals surface area contributed by atoms with E-state index in [0.29, 0.717) is 31.8 Å². The number of hydrogen-bond acceptors (Lipinski definition) is 12. The second-order valence-corrected chi connectivity index (χ2v) is 17.4. The van der Waals surface area contributed by atoms with Gasteiger partial charge in [0.05, 0.1) is 65.7 Å². The van der Waals surface area contributed by atoms with Gasteiger partial charge in [0.15, 0.2) is 17.1 Å². The number of hydrogen-bond donors (Lipinski definition) is 3. The zero-order valence-corrected chi connectivity index (χ0v) is 39.4. The fraction of sp³-hybridized carbons (Fsp3) is 0.240. The molecule has 9 rings (SSSR count). The van der Waals surface area contributed by atoms with Crippen LogP contribution in [0.4, 0.5) is 32.0 Å². The van der Waals surface area contributed by atoms with Crippen LogP contribution in [-0.2, 0) is 30.7 Å². The molecule has 4 aromatic heterocycles. The molecule has 0 atom stereocenters. The summed E-state index contributed by atoms with van der Waals surface area (Å²) in [6.07, 6.45) is 2.93. The average molecular weight is 1030 g/mol. The number of rotatable bonds is 11. The minimum absolute atomic E-state index is 0.0226. The van der Waals surface area contributed by atoms with E-state index in [9.17, 15) is 56.5 Å². The number of nitrogens with one attached hydrogen (secondary N) is 1. The number of nitrogens with zero attached hydrogens (tertiary/aromatic N) is 6. The van der Waals surface area contributed by atoms with Crippen LogP contribution in [-0.4, -0.2) is 104 Å². The number of carbonyl (C=O) groups is 4. The lowest BCUT2D eigenvalue weighted by Gasteiger charge is -2.24. The Morgan fingerprint density at radius 1 is 0.767 bits per heavy atom. The second-order valence-electron chi connectivity index (χ2n) is 17.1. The third-order valence-corrected chi connectivity index (χ3v) is 12.4. The maximum Gasteiger partial charge on any atom is 0.347 e. The quantitative estimate of drug-likeness (QED) is 0.0690. The van der Waals surface area contributed by atoms with Crippen LogP contribution in [0.15, 0.2) is 94.8 Å². The van der Waals surface area contributed by atoms with E-state index >= 15 is 8.78 Å². The summed E-state index contributed by atoms with van der Waals surface area (Å²) < 4.78 is 93.4. The van der Waals surface area contributed by atoms with Crippen molar-refractivity contribution >= 4 is 63.0 Å². The van der Waals surface area contributed by atoms with Crippen molar-refractivity contribution in [2.75, 3.05) is 38.7 Å². The third kappa shape index (κ3) is 9.76. The molecule has 6 heterocycles. The largest absolute Gasteiger partial charge is 0.505 e. The van der Waals surface area contributed by atoms with Gasteiger partial charge in [-0.2, -0.15) is 0 Å². The number of aromatic hydroxyl groups is 2. The lowest BCUT2D eigenvalue weighted by molar-refractivity contribution is -0.0359. The number of fused-ring (bicyclic) bond motifs is 2. The smallest absolute Gasteiger partial charge is 0.347 e. The number of esters is 1. The first-order valence-corrected chi connectivity index (χ1v) is 22.4. The van der Waals surface area contributed by atoms with E-state index in [1.807, 2.05) is 0 Å². The Morgan fingerprint density at radius 2 is 1.29 bits per heavy atom. The highest BCUT2D eigenvalue weighted by molar-refractivity contribution is 6.36. The number of aromatic nitrogens is 4. The van der Waals surface area contributed by atoms with Crippen molar-refractivity contribution in [3.05, 3.63) is 167 Å². The van der Waals surface area contributed by atoms with Gasteiger partial charge in [-0.25, -0.2) is 31.1 Å². The highest BCUT2D eigenvalue weighted by atomic mass is 35.5. The number of alkyl halides is 4. The number of anilines is 1. The van der Waals surface area contributed by atoms with Crippen LogP contribution in [0.2, 0.25) is 5.02 Å².